The average Bonchev–Trinajstić information content (AvgIpc) is 3.05. The van der Waals surface area contributed by atoms with Crippen LogP contribution in [0.4, 0.5) is 5.82 Å². The summed E-state index contributed by atoms with van der Waals surface area (Å²) < 4.78 is 1.75. The number of aryl methyl sites for hydroxylation is 1. The van der Waals surface area contributed by atoms with Crippen molar-refractivity contribution in [3.8, 4) is 0 Å². The van der Waals surface area contributed by atoms with E-state index in [1.165, 1.54) is 12.8 Å². The van der Waals surface area contributed by atoms with Crippen LogP contribution in [-0.4, -0.2) is 32.8 Å². The Bertz CT molecular complexity index is 542. The van der Waals surface area contributed by atoms with Crippen molar-refractivity contribution in [2.45, 2.75) is 12.8 Å². The van der Waals surface area contributed by atoms with Crippen LogP contribution in [0.25, 0.3) is 11.0 Å². The molecule has 2 aromatic rings. The number of anilines is 1. The van der Waals surface area contributed by atoms with Gasteiger partial charge in [-0.3, -0.25) is 4.68 Å². The van der Waals surface area contributed by atoms with Gasteiger partial charge in [0.25, 0.3) is 0 Å². The van der Waals surface area contributed by atoms with Crippen molar-refractivity contribution in [3.63, 3.8) is 0 Å². The molecule has 0 aliphatic heterocycles. The zero-order chi connectivity index (χ0) is 11.9. The highest BCUT2D eigenvalue weighted by molar-refractivity contribution is 5.85. The molecule has 3 N–H and O–H groups in total. The molecule has 1 saturated carbocycles. The van der Waals surface area contributed by atoms with E-state index in [2.05, 4.69) is 20.4 Å². The van der Waals surface area contributed by atoms with E-state index in [1.54, 1.807) is 17.2 Å². The van der Waals surface area contributed by atoms with Gasteiger partial charge < -0.3 is 11.1 Å². The van der Waals surface area contributed by atoms with Gasteiger partial charge in [0.2, 0.25) is 0 Å². The first-order valence-electron chi connectivity index (χ1n) is 5.81. The highest BCUT2D eigenvalue weighted by Gasteiger charge is 2.40. The van der Waals surface area contributed by atoms with Gasteiger partial charge in [-0.25, -0.2) is 9.97 Å². The van der Waals surface area contributed by atoms with Gasteiger partial charge in [-0.1, -0.05) is 0 Å². The second-order valence-electron chi connectivity index (χ2n) is 4.79. The fourth-order valence-electron chi connectivity index (χ4n) is 2.00. The fourth-order valence-corrected chi connectivity index (χ4v) is 2.00. The largest absolute Gasteiger partial charge is 0.369 e. The maximum Gasteiger partial charge on any atom is 0.163 e. The molecule has 0 radical (unpaired) electrons. The van der Waals surface area contributed by atoms with E-state index in [0.717, 1.165) is 29.9 Å². The lowest BCUT2D eigenvalue weighted by atomic mass is 10.1. The van der Waals surface area contributed by atoms with Crippen LogP contribution in [0.1, 0.15) is 12.8 Å². The van der Waals surface area contributed by atoms with Gasteiger partial charge in [-0.15, -0.1) is 0 Å². The number of nitrogens with one attached hydrogen (secondary N) is 1. The first-order chi connectivity index (χ1) is 8.24. The summed E-state index contributed by atoms with van der Waals surface area (Å²) in [7, 11) is 1.88. The van der Waals surface area contributed by atoms with Crippen LogP contribution in [0.5, 0.6) is 0 Å². The minimum Gasteiger partial charge on any atom is -0.369 e. The first kappa shape index (κ1) is 10.5. The molecule has 1 aliphatic rings. The molecule has 6 nitrogen and oxygen atoms in total. The summed E-state index contributed by atoms with van der Waals surface area (Å²) in [6.07, 6.45) is 5.77. The molecule has 1 fully saturated rings. The maximum absolute atomic E-state index is 5.76. The highest BCUT2D eigenvalue weighted by atomic mass is 15.3. The van der Waals surface area contributed by atoms with E-state index in [9.17, 15) is 0 Å². The van der Waals surface area contributed by atoms with Gasteiger partial charge in [0.15, 0.2) is 5.65 Å². The lowest BCUT2D eigenvalue weighted by Gasteiger charge is -2.13. The minimum absolute atomic E-state index is 0.291. The quantitative estimate of drug-likeness (QED) is 0.803. The Balaban J connectivity index is 1.85. The standard InChI is InChI=1S/C11H16N6/c1-17-10-8(4-16-17)9(14-7-15-10)13-6-11(5-12)2-3-11/h4,7H,2-3,5-6,12H2,1H3,(H,13,14,15). The van der Waals surface area contributed by atoms with E-state index < -0.39 is 0 Å². The third-order valence-electron chi connectivity index (χ3n) is 3.55. The summed E-state index contributed by atoms with van der Waals surface area (Å²) in [4.78, 5) is 8.48. The zero-order valence-corrected chi connectivity index (χ0v) is 9.85. The van der Waals surface area contributed by atoms with E-state index in [1.807, 2.05) is 7.05 Å². The monoisotopic (exact) mass is 232 g/mol. The van der Waals surface area contributed by atoms with Gasteiger partial charge in [0.1, 0.15) is 12.1 Å². The van der Waals surface area contributed by atoms with Crippen molar-refractivity contribution in [1.82, 2.24) is 19.7 Å². The van der Waals surface area contributed by atoms with E-state index in [-0.39, 0.29) is 0 Å². The van der Waals surface area contributed by atoms with Gasteiger partial charge in [0, 0.05) is 13.6 Å². The molecule has 0 spiro atoms. The Morgan fingerprint density at radius 3 is 3.00 bits per heavy atom. The van der Waals surface area contributed by atoms with Crippen LogP contribution in [0.15, 0.2) is 12.5 Å². The molecule has 0 saturated heterocycles. The smallest absolute Gasteiger partial charge is 0.163 e. The molecule has 2 heterocycles. The molecule has 0 aromatic carbocycles. The molecule has 0 atom stereocenters. The van der Waals surface area contributed by atoms with E-state index in [4.69, 9.17) is 5.73 Å². The summed E-state index contributed by atoms with van der Waals surface area (Å²) >= 11 is 0. The second-order valence-corrected chi connectivity index (χ2v) is 4.79. The number of fused-ring (bicyclic) bond motifs is 1. The lowest BCUT2D eigenvalue weighted by Crippen LogP contribution is -2.24. The Labute approximate surface area is 99.2 Å². The number of nitrogens with two attached hydrogens (primary N) is 1. The average molecular weight is 232 g/mol. The van der Waals surface area contributed by atoms with Gasteiger partial charge in [-0.2, -0.15) is 5.10 Å². The van der Waals surface area contributed by atoms with Crippen molar-refractivity contribution >= 4 is 16.9 Å². The Morgan fingerprint density at radius 2 is 2.29 bits per heavy atom. The number of hydrogen-bond acceptors (Lipinski definition) is 5. The van der Waals surface area contributed by atoms with Crippen LogP contribution < -0.4 is 11.1 Å². The summed E-state index contributed by atoms with van der Waals surface area (Å²) in [5.74, 6) is 0.850. The van der Waals surface area contributed by atoms with Crippen LogP contribution in [0.3, 0.4) is 0 Å². The van der Waals surface area contributed by atoms with Crippen molar-refractivity contribution in [3.05, 3.63) is 12.5 Å². The molecule has 3 rings (SSSR count). The Kier molecular flexibility index (Phi) is 2.25. The molecule has 0 unspecified atom stereocenters. The summed E-state index contributed by atoms with van der Waals surface area (Å²) in [5, 5.41) is 8.52. The van der Waals surface area contributed by atoms with Crippen molar-refractivity contribution < 1.29 is 0 Å². The molecule has 6 heteroatoms. The molecule has 0 amide bonds. The van der Waals surface area contributed by atoms with Crippen LogP contribution in [0, 0.1) is 5.41 Å². The van der Waals surface area contributed by atoms with Crippen molar-refractivity contribution in [2.75, 3.05) is 18.4 Å². The number of rotatable bonds is 4. The molecular formula is C11H16N6. The van der Waals surface area contributed by atoms with Gasteiger partial charge in [-0.05, 0) is 24.8 Å². The van der Waals surface area contributed by atoms with E-state index >= 15 is 0 Å². The highest BCUT2D eigenvalue weighted by Crippen LogP contribution is 2.44. The second kappa shape index (κ2) is 3.66. The predicted molar refractivity (Wildman–Crippen MR) is 65.5 cm³/mol. The van der Waals surface area contributed by atoms with Crippen LogP contribution in [0.2, 0.25) is 0 Å². The molecule has 0 bridgehead atoms. The zero-order valence-electron chi connectivity index (χ0n) is 9.85. The summed E-state index contributed by atoms with van der Waals surface area (Å²) in [5.41, 5.74) is 6.90. The third kappa shape index (κ3) is 1.74. The molecule has 2 aromatic heterocycles. The van der Waals surface area contributed by atoms with E-state index in [0.29, 0.717) is 5.41 Å². The number of hydrogen-bond donors (Lipinski definition) is 2. The number of aromatic nitrogens is 4. The fraction of sp³-hybridized carbons (Fsp3) is 0.545. The summed E-state index contributed by atoms with van der Waals surface area (Å²) in [6, 6.07) is 0. The Morgan fingerprint density at radius 1 is 1.47 bits per heavy atom. The topological polar surface area (TPSA) is 81.7 Å². The molecular weight excluding hydrogens is 216 g/mol. The predicted octanol–water partition coefficient (Wildman–Crippen LogP) is 0.514. The maximum atomic E-state index is 5.76. The minimum atomic E-state index is 0.291. The van der Waals surface area contributed by atoms with Crippen LogP contribution in [-0.2, 0) is 7.05 Å². The summed E-state index contributed by atoms with van der Waals surface area (Å²) in [6.45, 7) is 1.62. The van der Waals surface area contributed by atoms with Gasteiger partial charge >= 0.3 is 0 Å². The van der Waals surface area contributed by atoms with Crippen LogP contribution >= 0.6 is 0 Å². The normalized spacial score (nSPS) is 17.3. The van der Waals surface area contributed by atoms with Crippen molar-refractivity contribution in [2.24, 2.45) is 18.2 Å². The molecule has 90 valence electrons. The Hall–Kier alpha value is -1.69. The molecule has 1 aliphatic carbocycles. The molecule has 17 heavy (non-hydrogen) atoms. The van der Waals surface area contributed by atoms with Crippen molar-refractivity contribution in [1.29, 1.82) is 0 Å². The SMILES string of the molecule is Cn1ncc2c(NCC3(CN)CC3)ncnc21. The third-order valence-corrected chi connectivity index (χ3v) is 3.55. The lowest BCUT2D eigenvalue weighted by molar-refractivity contribution is 0.555. The van der Waals surface area contributed by atoms with Gasteiger partial charge in [0.05, 0.1) is 11.6 Å². The number of nitrogens with zero attached hydrogens (tertiary/aromatic N) is 4. The first-order valence-corrected chi connectivity index (χ1v) is 5.81.